The second-order valence-electron chi connectivity index (χ2n) is 6.03. The number of pyridine rings is 1. The van der Waals surface area contributed by atoms with E-state index in [4.69, 9.17) is 4.74 Å². The van der Waals surface area contributed by atoms with Crippen molar-refractivity contribution < 1.29 is 9.94 Å². The van der Waals surface area contributed by atoms with Crippen LogP contribution in [0.1, 0.15) is 11.1 Å². The van der Waals surface area contributed by atoms with Gasteiger partial charge in [0.1, 0.15) is 5.75 Å². The Hall–Kier alpha value is -2.99. The number of fused-ring (bicyclic) bond motifs is 2. The molecular formula is C19H16N4O3S. The van der Waals surface area contributed by atoms with Crippen molar-refractivity contribution >= 4 is 28.4 Å². The Kier molecular flexibility index (Phi) is 4.49. The number of nitrogens with one attached hydrogen (secondary N) is 1. The van der Waals surface area contributed by atoms with Crippen LogP contribution in [0.15, 0.2) is 52.3 Å². The molecule has 2 N–H and O–H groups in total. The lowest BCUT2D eigenvalue weighted by Gasteiger charge is -2.27. The summed E-state index contributed by atoms with van der Waals surface area (Å²) >= 11 is 1.11. The van der Waals surface area contributed by atoms with Crippen LogP contribution in [0.3, 0.4) is 0 Å². The van der Waals surface area contributed by atoms with Crippen LogP contribution in [0.4, 0.5) is 5.69 Å². The molecule has 136 valence electrons. The fourth-order valence-corrected chi connectivity index (χ4v) is 4.14. The zero-order chi connectivity index (χ0) is 19.0. The number of rotatable bonds is 4. The molecule has 27 heavy (non-hydrogen) atoms. The Bertz CT molecular complexity index is 1120. The van der Waals surface area contributed by atoms with Crippen molar-refractivity contribution in [3.8, 4) is 11.8 Å². The first-order valence-corrected chi connectivity index (χ1v) is 9.05. The third-order valence-electron chi connectivity index (χ3n) is 4.55. The molecular weight excluding hydrogens is 364 g/mol. The number of benzene rings is 2. The lowest BCUT2D eigenvalue weighted by atomic mass is 10.1. The van der Waals surface area contributed by atoms with E-state index in [0.29, 0.717) is 29.7 Å². The van der Waals surface area contributed by atoms with Crippen molar-refractivity contribution in [1.82, 2.24) is 9.56 Å². The SMILES string of the molecule is COc1cc(C#N)cc2c1CCN2N(O)Sc1cccc2c(=O)[nH]ccc12. The average molecular weight is 380 g/mol. The van der Waals surface area contributed by atoms with Gasteiger partial charge in [0.15, 0.2) is 0 Å². The Balaban J connectivity index is 1.69. The first-order chi connectivity index (χ1) is 13.1. The van der Waals surface area contributed by atoms with Crippen molar-refractivity contribution in [1.29, 1.82) is 5.26 Å². The zero-order valence-corrected chi connectivity index (χ0v) is 15.3. The predicted molar refractivity (Wildman–Crippen MR) is 103 cm³/mol. The Morgan fingerprint density at radius 3 is 2.96 bits per heavy atom. The molecule has 0 amide bonds. The molecule has 2 heterocycles. The Morgan fingerprint density at radius 2 is 2.19 bits per heavy atom. The first-order valence-electron chi connectivity index (χ1n) is 8.28. The molecule has 0 spiro atoms. The van der Waals surface area contributed by atoms with Gasteiger partial charge in [0.2, 0.25) is 0 Å². The molecule has 1 aliphatic heterocycles. The van der Waals surface area contributed by atoms with E-state index in [1.165, 1.54) is 0 Å². The molecule has 0 bridgehead atoms. The van der Waals surface area contributed by atoms with E-state index in [1.807, 2.05) is 12.1 Å². The summed E-state index contributed by atoms with van der Waals surface area (Å²) < 4.78 is 6.44. The maximum absolute atomic E-state index is 12.0. The summed E-state index contributed by atoms with van der Waals surface area (Å²) in [6.07, 6.45) is 2.28. The van der Waals surface area contributed by atoms with E-state index in [1.54, 1.807) is 42.6 Å². The third kappa shape index (κ3) is 3.02. The minimum Gasteiger partial charge on any atom is -0.496 e. The number of ether oxygens (including phenoxy) is 1. The van der Waals surface area contributed by atoms with Crippen LogP contribution in [-0.4, -0.2) is 28.4 Å². The second-order valence-corrected chi connectivity index (χ2v) is 6.98. The van der Waals surface area contributed by atoms with E-state index in [2.05, 4.69) is 11.1 Å². The Morgan fingerprint density at radius 1 is 1.33 bits per heavy atom. The lowest BCUT2D eigenvalue weighted by Crippen LogP contribution is -2.34. The van der Waals surface area contributed by atoms with Crippen LogP contribution in [0.5, 0.6) is 5.75 Å². The number of nitrogens with zero attached hydrogens (tertiary/aromatic N) is 3. The minimum absolute atomic E-state index is 0.172. The van der Waals surface area contributed by atoms with Crippen LogP contribution in [-0.2, 0) is 6.42 Å². The fourth-order valence-electron chi connectivity index (χ4n) is 3.28. The summed E-state index contributed by atoms with van der Waals surface area (Å²) in [5.41, 5.74) is 1.98. The highest BCUT2D eigenvalue weighted by Crippen LogP contribution is 2.39. The molecule has 0 atom stereocenters. The van der Waals surface area contributed by atoms with Gasteiger partial charge in [0, 0.05) is 45.9 Å². The zero-order valence-electron chi connectivity index (χ0n) is 14.5. The van der Waals surface area contributed by atoms with E-state index in [-0.39, 0.29) is 5.56 Å². The highest BCUT2D eigenvalue weighted by Gasteiger charge is 2.28. The van der Waals surface area contributed by atoms with Gasteiger partial charge in [0.25, 0.3) is 5.56 Å². The normalized spacial score (nSPS) is 13.0. The monoisotopic (exact) mass is 380 g/mol. The molecule has 0 unspecified atom stereocenters. The average Bonchev–Trinajstić information content (AvgIpc) is 3.12. The summed E-state index contributed by atoms with van der Waals surface area (Å²) in [5.74, 6) is 0.640. The molecule has 0 saturated heterocycles. The number of hydrogen-bond acceptors (Lipinski definition) is 7. The van der Waals surface area contributed by atoms with Gasteiger partial charge in [-0.3, -0.25) is 15.0 Å². The van der Waals surface area contributed by atoms with Gasteiger partial charge >= 0.3 is 0 Å². The number of nitriles is 1. The molecule has 8 heteroatoms. The Labute approximate surface area is 159 Å². The molecule has 0 fully saturated rings. The summed E-state index contributed by atoms with van der Waals surface area (Å²) in [7, 11) is 1.57. The van der Waals surface area contributed by atoms with Gasteiger partial charge < -0.3 is 9.72 Å². The minimum atomic E-state index is -0.172. The van der Waals surface area contributed by atoms with Crippen molar-refractivity contribution in [2.24, 2.45) is 0 Å². The number of anilines is 1. The standard InChI is InChI=1S/C19H16N4O3S/c1-26-17-10-12(11-20)9-16-15(17)6-8-22(16)23(25)27-18-4-2-3-14-13(18)5-7-21-19(14)24/h2-5,7,9-10,25H,6,8H2,1H3,(H,21,24). The van der Waals surface area contributed by atoms with Crippen molar-refractivity contribution in [3.63, 3.8) is 0 Å². The molecule has 2 aromatic carbocycles. The molecule has 4 rings (SSSR count). The lowest BCUT2D eigenvalue weighted by molar-refractivity contribution is 0.00652. The fraction of sp³-hybridized carbons (Fsp3) is 0.158. The van der Waals surface area contributed by atoms with Gasteiger partial charge in [-0.25, -0.2) is 0 Å². The van der Waals surface area contributed by atoms with Gasteiger partial charge in [-0.2, -0.15) is 5.26 Å². The summed E-state index contributed by atoms with van der Waals surface area (Å²) in [4.78, 5) is 15.4. The van der Waals surface area contributed by atoms with E-state index in [0.717, 1.165) is 38.1 Å². The molecule has 0 radical (unpaired) electrons. The number of hydrogen-bond donors (Lipinski definition) is 2. The molecule has 0 aliphatic carbocycles. The highest BCUT2D eigenvalue weighted by molar-refractivity contribution is 7.97. The van der Waals surface area contributed by atoms with Gasteiger partial charge in [-0.1, -0.05) is 6.07 Å². The van der Waals surface area contributed by atoms with E-state index in [9.17, 15) is 15.3 Å². The van der Waals surface area contributed by atoms with Crippen LogP contribution < -0.4 is 15.3 Å². The van der Waals surface area contributed by atoms with Crippen molar-refractivity contribution in [3.05, 3.63) is 64.1 Å². The van der Waals surface area contributed by atoms with Gasteiger partial charge in [-0.05, 0) is 41.3 Å². The molecule has 0 saturated carbocycles. The first kappa shape index (κ1) is 17.4. The van der Waals surface area contributed by atoms with E-state index < -0.39 is 0 Å². The van der Waals surface area contributed by atoms with Gasteiger partial charge in [0.05, 0.1) is 24.4 Å². The number of hydrazine groups is 1. The van der Waals surface area contributed by atoms with Gasteiger partial charge in [-0.15, -0.1) is 0 Å². The number of aromatic nitrogens is 1. The van der Waals surface area contributed by atoms with E-state index >= 15 is 0 Å². The molecule has 1 aliphatic rings. The van der Waals surface area contributed by atoms with Crippen LogP contribution in [0, 0.1) is 11.3 Å². The van der Waals surface area contributed by atoms with Crippen LogP contribution >= 0.6 is 11.9 Å². The molecule has 7 nitrogen and oxygen atoms in total. The number of aromatic amines is 1. The molecule has 3 aromatic rings. The predicted octanol–water partition coefficient (Wildman–Crippen LogP) is 3.08. The summed E-state index contributed by atoms with van der Waals surface area (Å²) in [6.45, 7) is 0.551. The maximum Gasteiger partial charge on any atom is 0.255 e. The maximum atomic E-state index is 12.0. The van der Waals surface area contributed by atoms with Crippen LogP contribution in [0.25, 0.3) is 10.8 Å². The summed E-state index contributed by atoms with van der Waals surface area (Å²) in [6, 6.07) is 12.7. The second kappa shape index (κ2) is 6.96. The highest BCUT2D eigenvalue weighted by atomic mass is 32.2. The number of methoxy groups -OCH3 is 1. The van der Waals surface area contributed by atoms with Crippen molar-refractivity contribution in [2.75, 3.05) is 18.7 Å². The number of H-pyrrole nitrogens is 1. The smallest absolute Gasteiger partial charge is 0.255 e. The third-order valence-corrected chi connectivity index (χ3v) is 5.46. The quantitative estimate of drug-likeness (QED) is 0.531. The summed E-state index contributed by atoms with van der Waals surface area (Å²) in [5, 5.41) is 23.0. The largest absolute Gasteiger partial charge is 0.496 e. The van der Waals surface area contributed by atoms with Crippen LogP contribution in [0.2, 0.25) is 0 Å². The topological polar surface area (TPSA) is 92.6 Å². The molecule has 1 aromatic heterocycles. The van der Waals surface area contributed by atoms with Crippen molar-refractivity contribution in [2.45, 2.75) is 11.3 Å².